The van der Waals surface area contributed by atoms with E-state index in [0.29, 0.717) is 12.3 Å². The van der Waals surface area contributed by atoms with Crippen LogP contribution in [-0.2, 0) is 4.79 Å². The first kappa shape index (κ1) is 11.2. The standard InChI is InChI=1S/C15H16N2O/c1-17-10-16-9-13-14(17)7-12(8-15(13)18)11-5-3-2-4-6-11/h2-6,9-10,12,14H,7-8H2,1H3. The minimum absolute atomic E-state index is 0.189. The molecule has 3 heteroatoms. The van der Waals surface area contributed by atoms with Crippen molar-refractivity contribution in [2.45, 2.75) is 24.8 Å². The minimum atomic E-state index is 0.189. The maximum Gasteiger partial charge on any atom is 0.163 e. The predicted octanol–water partition coefficient (Wildman–Crippen LogP) is 2.36. The summed E-state index contributed by atoms with van der Waals surface area (Å²) in [7, 11) is 1.99. The summed E-state index contributed by atoms with van der Waals surface area (Å²) in [5.74, 6) is 0.568. The van der Waals surface area contributed by atoms with Gasteiger partial charge in [0.15, 0.2) is 5.78 Å². The van der Waals surface area contributed by atoms with Gasteiger partial charge >= 0.3 is 0 Å². The Morgan fingerprint density at radius 3 is 2.83 bits per heavy atom. The molecule has 1 heterocycles. The van der Waals surface area contributed by atoms with Crippen LogP contribution in [0.4, 0.5) is 0 Å². The first-order valence-electron chi connectivity index (χ1n) is 6.29. The summed E-state index contributed by atoms with van der Waals surface area (Å²) in [6.45, 7) is 0. The van der Waals surface area contributed by atoms with Crippen LogP contribution in [0.1, 0.15) is 24.3 Å². The van der Waals surface area contributed by atoms with Crippen LogP contribution in [0.25, 0.3) is 0 Å². The molecule has 3 rings (SSSR count). The number of rotatable bonds is 1. The highest BCUT2D eigenvalue weighted by atomic mass is 16.1. The molecule has 0 bridgehead atoms. The predicted molar refractivity (Wildman–Crippen MR) is 71.6 cm³/mol. The van der Waals surface area contributed by atoms with Crippen LogP contribution in [0.2, 0.25) is 0 Å². The van der Waals surface area contributed by atoms with Gasteiger partial charge in [-0.1, -0.05) is 30.3 Å². The lowest BCUT2D eigenvalue weighted by Gasteiger charge is -2.37. The van der Waals surface area contributed by atoms with Gasteiger partial charge < -0.3 is 4.90 Å². The Labute approximate surface area is 107 Å². The number of Topliss-reactive ketones (excluding diaryl/α,β-unsaturated/α-hetero) is 1. The van der Waals surface area contributed by atoms with Gasteiger partial charge in [-0.2, -0.15) is 0 Å². The number of benzene rings is 1. The first-order valence-corrected chi connectivity index (χ1v) is 6.29. The Balaban J connectivity index is 1.89. The maximum absolute atomic E-state index is 12.2. The number of nitrogens with zero attached hydrogens (tertiary/aromatic N) is 2. The Kier molecular flexibility index (Phi) is 2.74. The molecule has 0 aromatic heterocycles. The van der Waals surface area contributed by atoms with Crippen LogP contribution < -0.4 is 0 Å². The van der Waals surface area contributed by atoms with Gasteiger partial charge in [0, 0.05) is 25.2 Å². The summed E-state index contributed by atoms with van der Waals surface area (Å²) in [4.78, 5) is 18.3. The lowest BCUT2D eigenvalue weighted by Crippen LogP contribution is -2.41. The lowest BCUT2D eigenvalue weighted by molar-refractivity contribution is -0.117. The quantitative estimate of drug-likeness (QED) is 0.755. The highest BCUT2D eigenvalue weighted by Crippen LogP contribution is 2.36. The second-order valence-electron chi connectivity index (χ2n) is 5.00. The van der Waals surface area contributed by atoms with E-state index in [-0.39, 0.29) is 11.8 Å². The van der Waals surface area contributed by atoms with Gasteiger partial charge in [-0.25, -0.2) is 4.99 Å². The number of hydrogen-bond donors (Lipinski definition) is 0. The lowest BCUT2D eigenvalue weighted by atomic mass is 9.77. The number of carbonyl (C=O) groups excluding carboxylic acids is 1. The third-order valence-electron chi connectivity index (χ3n) is 3.85. The second kappa shape index (κ2) is 4.41. The molecule has 1 aliphatic carbocycles. The van der Waals surface area contributed by atoms with E-state index in [1.165, 1.54) is 5.56 Å². The molecule has 2 atom stereocenters. The Morgan fingerprint density at radius 1 is 1.28 bits per heavy atom. The summed E-state index contributed by atoms with van der Waals surface area (Å²) >= 11 is 0. The molecule has 1 aliphatic heterocycles. The van der Waals surface area contributed by atoms with E-state index in [1.54, 1.807) is 12.5 Å². The van der Waals surface area contributed by atoms with E-state index in [2.05, 4.69) is 17.1 Å². The number of carbonyl (C=O) groups is 1. The zero-order chi connectivity index (χ0) is 12.5. The first-order chi connectivity index (χ1) is 8.75. The Hall–Kier alpha value is -1.90. The summed E-state index contributed by atoms with van der Waals surface area (Å²) in [6, 6.07) is 10.5. The van der Waals surface area contributed by atoms with Crippen molar-refractivity contribution < 1.29 is 4.79 Å². The van der Waals surface area contributed by atoms with Crippen LogP contribution in [0, 0.1) is 0 Å². The third kappa shape index (κ3) is 1.86. The summed E-state index contributed by atoms with van der Waals surface area (Å²) in [5, 5.41) is 0. The highest BCUT2D eigenvalue weighted by Gasteiger charge is 2.35. The van der Waals surface area contributed by atoms with Crippen LogP contribution in [-0.4, -0.2) is 30.1 Å². The van der Waals surface area contributed by atoms with Crippen molar-refractivity contribution in [1.82, 2.24) is 4.90 Å². The van der Waals surface area contributed by atoms with Crippen LogP contribution >= 0.6 is 0 Å². The molecule has 2 unspecified atom stereocenters. The van der Waals surface area contributed by atoms with Crippen LogP contribution in [0.3, 0.4) is 0 Å². The largest absolute Gasteiger partial charge is 0.358 e. The maximum atomic E-state index is 12.2. The van der Waals surface area contributed by atoms with Gasteiger partial charge in [-0.3, -0.25) is 4.79 Å². The van der Waals surface area contributed by atoms with E-state index < -0.39 is 0 Å². The van der Waals surface area contributed by atoms with Gasteiger partial charge in [0.05, 0.1) is 12.4 Å². The van der Waals surface area contributed by atoms with Gasteiger partial charge in [-0.05, 0) is 17.9 Å². The molecule has 92 valence electrons. The van der Waals surface area contributed by atoms with E-state index in [0.717, 1.165) is 12.0 Å². The van der Waals surface area contributed by atoms with E-state index in [4.69, 9.17) is 0 Å². The van der Waals surface area contributed by atoms with Gasteiger partial charge in [-0.15, -0.1) is 0 Å². The monoisotopic (exact) mass is 240 g/mol. The molecular formula is C15H16N2O. The SMILES string of the molecule is CN1C=NC=C2C(=O)CC(c3ccccc3)CC21. The van der Waals surface area contributed by atoms with Gasteiger partial charge in [0.25, 0.3) is 0 Å². The molecule has 1 aromatic rings. The molecule has 0 saturated heterocycles. The van der Waals surface area contributed by atoms with Crippen molar-refractivity contribution in [2.75, 3.05) is 7.05 Å². The number of fused-ring (bicyclic) bond motifs is 1. The average Bonchev–Trinajstić information content (AvgIpc) is 2.41. The van der Waals surface area contributed by atoms with E-state index in [1.807, 2.05) is 30.1 Å². The topological polar surface area (TPSA) is 32.7 Å². The average molecular weight is 240 g/mol. The van der Waals surface area contributed by atoms with Crippen molar-refractivity contribution >= 4 is 12.1 Å². The highest BCUT2D eigenvalue weighted by molar-refractivity contribution is 5.99. The zero-order valence-electron chi connectivity index (χ0n) is 10.4. The normalized spacial score (nSPS) is 26.8. The second-order valence-corrected chi connectivity index (χ2v) is 5.00. The fourth-order valence-electron chi connectivity index (χ4n) is 2.83. The summed E-state index contributed by atoms with van der Waals surface area (Å²) in [6.07, 6.45) is 5.13. The van der Waals surface area contributed by atoms with Crippen molar-refractivity contribution in [3.05, 3.63) is 47.7 Å². The summed E-state index contributed by atoms with van der Waals surface area (Å²) < 4.78 is 0. The molecule has 1 aromatic carbocycles. The molecule has 1 fully saturated rings. The van der Waals surface area contributed by atoms with E-state index >= 15 is 0 Å². The fraction of sp³-hybridized carbons (Fsp3) is 0.333. The van der Waals surface area contributed by atoms with Crippen molar-refractivity contribution in [2.24, 2.45) is 4.99 Å². The molecule has 0 radical (unpaired) electrons. The van der Waals surface area contributed by atoms with Gasteiger partial charge in [0.1, 0.15) is 0 Å². The number of likely N-dealkylation sites (N-methyl/N-ethyl adjacent to an activating group) is 1. The van der Waals surface area contributed by atoms with Crippen LogP contribution in [0.5, 0.6) is 0 Å². The molecule has 1 saturated carbocycles. The number of hydrogen-bond acceptors (Lipinski definition) is 3. The minimum Gasteiger partial charge on any atom is -0.358 e. The van der Waals surface area contributed by atoms with Crippen LogP contribution in [0.15, 0.2) is 47.1 Å². The Bertz CT molecular complexity index is 519. The molecular weight excluding hydrogens is 224 g/mol. The number of ketones is 1. The molecule has 0 N–H and O–H groups in total. The summed E-state index contributed by atoms with van der Waals surface area (Å²) in [5.41, 5.74) is 2.13. The molecule has 2 aliphatic rings. The molecule has 0 spiro atoms. The molecule has 0 amide bonds. The molecule has 3 nitrogen and oxygen atoms in total. The molecule has 18 heavy (non-hydrogen) atoms. The number of aliphatic imine (C=N–C) groups is 1. The smallest absolute Gasteiger partial charge is 0.163 e. The van der Waals surface area contributed by atoms with Crippen molar-refractivity contribution in [1.29, 1.82) is 0 Å². The van der Waals surface area contributed by atoms with Crippen molar-refractivity contribution in [3.8, 4) is 0 Å². The van der Waals surface area contributed by atoms with Crippen molar-refractivity contribution in [3.63, 3.8) is 0 Å². The fourth-order valence-corrected chi connectivity index (χ4v) is 2.83. The zero-order valence-corrected chi connectivity index (χ0v) is 10.4. The third-order valence-corrected chi connectivity index (χ3v) is 3.85. The van der Waals surface area contributed by atoms with E-state index in [9.17, 15) is 4.79 Å². The Morgan fingerprint density at radius 2 is 2.06 bits per heavy atom. The van der Waals surface area contributed by atoms with Gasteiger partial charge in [0.2, 0.25) is 0 Å².